The van der Waals surface area contributed by atoms with Crippen molar-refractivity contribution in [3.63, 3.8) is 0 Å². The zero-order valence-corrected chi connectivity index (χ0v) is 11.6. The molecule has 5 heteroatoms. The predicted octanol–water partition coefficient (Wildman–Crippen LogP) is 2.29. The van der Waals surface area contributed by atoms with Crippen LogP contribution in [0.5, 0.6) is 0 Å². The van der Waals surface area contributed by atoms with E-state index in [1.165, 1.54) is 6.42 Å². The van der Waals surface area contributed by atoms with Crippen LogP contribution >= 0.6 is 11.6 Å². The van der Waals surface area contributed by atoms with Crippen LogP contribution in [-0.2, 0) is 9.53 Å². The Morgan fingerprint density at radius 3 is 3.11 bits per heavy atom. The predicted molar refractivity (Wildman–Crippen MR) is 76.5 cm³/mol. The average molecular weight is 283 g/mol. The van der Waals surface area contributed by atoms with E-state index in [0.717, 1.165) is 31.9 Å². The van der Waals surface area contributed by atoms with Gasteiger partial charge in [-0.2, -0.15) is 0 Å². The average Bonchev–Trinajstić information content (AvgIpc) is 2.40. The number of anilines is 1. The van der Waals surface area contributed by atoms with Gasteiger partial charge in [0.1, 0.15) is 0 Å². The molecule has 1 fully saturated rings. The van der Waals surface area contributed by atoms with Gasteiger partial charge in [-0.05, 0) is 37.0 Å². The normalized spacial score (nSPS) is 19.1. The number of benzene rings is 1. The van der Waals surface area contributed by atoms with Crippen molar-refractivity contribution >= 4 is 23.2 Å². The van der Waals surface area contributed by atoms with Gasteiger partial charge in [0.15, 0.2) is 0 Å². The van der Waals surface area contributed by atoms with Crippen LogP contribution in [0, 0.1) is 5.92 Å². The maximum Gasteiger partial charge on any atom is 0.238 e. The van der Waals surface area contributed by atoms with Crippen LogP contribution in [0.15, 0.2) is 24.3 Å². The van der Waals surface area contributed by atoms with Gasteiger partial charge in [-0.1, -0.05) is 17.7 Å². The van der Waals surface area contributed by atoms with Crippen LogP contribution in [0.2, 0.25) is 5.02 Å². The van der Waals surface area contributed by atoms with E-state index >= 15 is 0 Å². The van der Waals surface area contributed by atoms with Crippen molar-refractivity contribution in [2.24, 2.45) is 5.92 Å². The van der Waals surface area contributed by atoms with Gasteiger partial charge in [0.05, 0.1) is 13.2 Å². The molecule has 1 aromatic rings. The van der Waals surface area contributed by atoms with Crippen molar-refractivity contribution in [1.82, 2.24) is 5.32 Å². The summed E-state index contributed by atoms with van der Waals surface area (Å²) in [6, 6.07) is 7.14. The van der Waals surface area contributed by atoms with Crippen LogP contribution in [0.4, 0.5) is 5.69 Å². The molecule has 1 aromatic carbocycles. The van der Waals surface area contributed by atoms with E-state index < -0.39 is 0 Å². The Morgan fingerprint density at radius 2 is 2.37 bits per heavy atom. The summed E-state index contributed by atoms with van der Waals surface area (Å²) in [5, 5.41) is 6.58. The monoisotopic (exact) mass is 282 g/mol. The first-order chi connectivity index (χ1) is 9.24. The van der Waals surface area contributed by atoms with Gasteiger partial charge >= 0.3 is 0 Å². The first-order valence-corrected chi connectivity index (χ1v) is 6.96. The Balaban J connectivity index is 1.67. The molecule has 1 aliphatic rings. The highest BCUT2D eigenvalue weighted by molar-refractivity contribution is 6.30. The fourth-order valence-electron chi connectivity index (χ4n) is 2.13. The number of nitrogens with one attached hydrogen (secondary N) is 2. The lowest BCUT2D eigenvalue weighted by Gasteiger charge is -2.22. The van der Waals surface area contributed by atoms with Crippen LogP contribution in [0.3, 0.4) is 0 Å². The molecule has 1 heterocycles. The Hall–Kier alpha value is -1.10. The van der Waals surface area contributed by atoms with Crippen LogP contribution in [-0.4, -0.2) is 32.2 Å². The maximum atomic E-state index is 11.7. The first-order valence-electron chi connectivity index (χ1n) is 6.58. The molecular weight excluding hydrogens is 264 g/mol. The smallest absolute Gasteiger partial charge is 0.238 e. The molecule has 4 nitrogen and oxygen atoms in total. The largest absolute Gasteiger partial charge is 0.381 e. The topological polar surface area (TPSA) is 50.4 Å². The molecule has 0 aliphatic carbocycles. The molecule has 1 saturated heterocycles. The third-order valence-electron chi connectivity index (χ3n) is 3.08. The minimum absolute atomic E-state index is 0.0565. The molecule has 1 amide bonds. The zero-order chi connectivity index (χ0) is 13.5. The summed E-state index contributed by atoms with van der Waals surface area (Å²) in [5.41, 5.74) is 0.722. The van der Waals surface area contributed by atoms with E-state index in [4.69, 9.17) is 16.3 Å². The van der Waals surface area contributed by atoms with E-state index in [0.29, 0.717) is 17.5 Å². The van der Waals surface area contributed by atoms with E-state index in [1.54, 1.807) is 12.1 Å². The van der Waals surface area contributed by atoms with Crippen LogP contribution in [0.25, 0.3) is 0 Å². The number of rotatable bonds is 5. The molecule has 0 radical (unpaired) electrons. The number of carbonyl (C=O) groups is 1. The molecule has 0 spiro atoms. The van der Waals surface area contributed by atoms with Crippen molar-refractivity contribution in [3.05, 3.63) is 29.3 Å². The molecule has 1 aliphatic heterocycles. The highest BCUT2D eigenvalue weighted by Crippen LogP contribution is 2.14. The maximum absolute atomic E-state index is 11.7. The Labute approximate surface area is 118 Å². The summed E-state index contributed by atoms with van der Waals surface area (Å²) in [5.74, 6) is 0.465. The molecule has 2 rings (SSSR count). The summed E-state index contributed by atoms with van der Waals surface area (Å²) in [6.07, 6.45) is 2.28. The number of hydrogen-bond acceptors (Lipinski definition) is 3. The van der Waals surface area contributed by atoms with Crippen LogP contribution < -0.4 is 10.6 Å². The molecule has 2 N–H and O–H groups in total. The summed E-state index contributed by atoms with van der Waals surface area (Å²) in [7, 11) is 0. The third-order valence-corrected chi connectivity index (χ3v) is 3.32. The van der Waals surface area contributed by atoms with Gasteiger partial charge in [0, 0.05) is 23.9 Å². The first kappa shape index (κ1) is 14.3. The van der Waals surface area contributed by atoms with Gasteiger partial charge in [-0.3, -0.25) is 4.79 Å². The lowest BCUT2D eigenvalue weighted by molar-refractivity contribution is -0.115. The summed E-state index contributed by atoms with van der Waals surface area (Å²) in [6.45, 7) is 2.79. The second-order valence-corrected chi connectivity index (χ2v) is 5.21. The van der Waals surface area contributed by atoms with E-state index in [1.807, 2.05) is 12.1 Å². The van der Waals surface area contributed by atoms with Crippen molar-refractivity contribution in [2.75, 3.05) is 31.6 Å². The zero-order valence-electron chi connectivity index (χ0n) is 10.8. The molecule has 1 unspecified atom stereocenters. The van der Waals surface area contributed by atoms with Crippen molar-refractivity contribution < 1.29 is 9.53 Å². The van der Waals surface area contributed by atoms with Crippen molar-refractivity contribution in [3.8, 4) is 0 Å². The van der Waals surface area contributed by atoms with Crippen molar-refractivity contribution in [2.45, 2.75) is 12.8 Å². The second kappa shape index (κ2) is 7.48. The molecule has 0 saturated carbocycles. The van der Waals surface area contributed by atoms with Gasteiger partial charge in [0.25, 0.3) is 0 Å². The minimum atomic E-state index is -0.0565. The van der Waals surface area contributed by atoms with E-state index in [9.17, 15) is 4.79 Å². The summed E-state index contributed by atoms with van der Waals surface area (Å²) >= 11 is 5.85. The number of ether oxygens (including phenoxy) is 1. The summed E-state index contributed by atoms with van der Waals surface area (Å²) < 4.78 is 5.39. The quantitative estimate of drug-likeness (QED) is 0.871. The van der Waals surface area contributed by atoms with Gasteiger partial charge < -0.3 is 15.4 Å². The van der Waals surface area contributed by atoms with Gasteiger partial charge in [0.2, 0.25) is 5.91 Å². The molecule has 0 bridgehead atoms. The lowest BCUT2D eigenvalue weighted by Crippen LogP contribution is -2.34. The third kappa shape index (κ3) is 5.19. The molecule has 0 aromatic heterocycles. The molecule has 1 atom stereocenters. The highest BCUT2D eigenvalue weighted by atomic mass is 35.5. The fourth-order valence-corrected chi connectivity index (χ4v) is 2.32. The van der Waals surface area contributed by atoms with Crippen molar-refractivity contribution in [1.29, 1.82) is 0 Å². The Bertz CT molecular complexity index is 420. The number of amides is 1. The lowest BCUT2D eigenvalue weighted by atomic mass is 10.0. The number of halogens is 1. The molecular formula is C14H19ClN2O2. The number of hydrogen-bond donors (Lipinski definition) is 2. The molecule has 104 valence electrons. The Kier molecular flexibility index (Phi) is 5.63. The SMILES string of the molecule is O=C(CNCC1CCCOC1)Nc1cccc(Cl)c1. The summed E-state index contributed by atoms with van der Waals surface area (Å²) in [4.78, 5) is 11.7. The minimum Gasteiger partial charge on any atom is -0.381 e. The molecule has 19 heavy (non-hydrogen) atoms. The Morgan fingerprint density at radius 1 is 1.47 bits per heavy atom. The van der Waals surface area contributed by atoms with E-state index in [2.05, 4.69) is 10.6 Å². The van der Waals surface area contributed by atoms with Crippen LogP contribution in [0.1, 0.15) is 12.8 Å². The van der Waals surface area contributed by atoms with E-state index in [-0.39, 0.29) is 5.91 Å². The van der Waals surface area contributed by atoms with Gasteiger partial charge in [-0.25, -0.2) is 0 Å². The number of carbonyl (C=O) groups excluding carboxylic acids is 1. The standard InChI is InChI=1S/C14H19ClN2O2/c15-12-4-1-5-13(7-12)17-14(18)9-16-8-11-3-2-6-19-10-11/h1,4-5,7,11,16H,2-3,6,8-10H2,(H,17,18). The fraction of sp³-hybridized carbons (Fsp3) is 0.500. The van der Waals surface area contributed by atoms with Gasteiger partial charge in [-0.15, -0.1) is 0 Å². The second-order valence-electron chi connectivity index (χ2n) is 4.77. The highest BCUT2D eigenvalue weighted by Gasteiger charge is 2.13.